The zero-order chi connectivity index (χ0) is 19.8. The number of carboxylic acids is 1. The summed E-state index contributed by atoms with van der Waals surface area (Å²) in [5.74, 6) is -3.37. The molecule has 0 fully saturated rings. The lowest BCUT2D eigenvalue weighted by molar-refractivity contribution is -0.138. The Balaban J connectivity index is 1.87. The van der Waals surface area contributed by atoms with E-state index < -0.39 is 23.6 Å². The van der Waals surface area contributed by atoms with Crippen molar-refractivity contribution >= 4 is 17.7 Å². The molecule has 0 spiro atoms. The minimum absolute atomic E-state index is 0.0323. The van der Waals surface area contributed by atoms with Crippen LogP contribution in [0.15, 0.2) is 48.5 Å². The molecule has 27 heavy (non-hydrogen) atoms. The Labute approximate surface area is 156 Å². The van der Waals surface area contributed by atoms with E-state index in [-0.39, 0.29) is 36.5 Å². The van der Waals surface area contributed by atoms with Crippen LogP contribution in [0.5, 0.6) is 5.75 Å². The van der Waals surface area contributed by atoms with Crippen molar-refractivity contribution in [2.24, 2.45) is 0 Å². The molecule has 2 rings (SSSR count). The predicted molar refractivity (Wildman–Crippen MR) is 96.3 cm³/mol. The van der Waals surface area contributed by atoms with Crippen molar-refractivity contribution in [1.29, 1.82) is 0 Å². The molecular formula is C20H20FNO5. The zero-order valence-electron chi connectivity index (χ0n) is 14.8. The number of carbonyl (C=O) groups is 3. The number of hydrogen-bond donors (Lipinski definition) is 2. The topological polar surface area (TPSA) is 92.7 Å². The van der Waals surface area contributed by atoms with Gasteiger partial charge >= 0.3 is 5.97 Å². The number of benzene rings is 2. The van der Waals surface area contributed by atoms with Crippen LogP contribution in [-0.2, 0) is 9.59 Å². The van der Waals surface area contributed by atoms with E-state index in [9.17, 15) is 23.9 Å². The summed E-state index contributed by atoms with van der Waals surface area (Å²) in [6, 6.07) is 12.4. The van der Waals surface area contributed by atoms with E-state index in [1.54, 1.807) is 30.3 Å². The van der Waals surface area contributed by atoms with Crippen molar-refractivity contribution in [2.45, 2.75) is 18.8 Å². The number of ether oxygens (including phenoxy) is 1. The Morgan fingerprint density at radius 2 is 1.81 bits per heavy atom. The molecule has 1 unspecified atom stereocenters. The molecule has 0 saturated heterocycles. The fourth-order valence-corrected chi connectivity index (χ4v) is 2.55. The Morgan fingerprint density at radius 1 is 1.11 bits per heavy atom. The summed E-state index contributed by atoms with van der Waals surface area (Å²) in [6.07, 6.45) is -0.228. The van der Waals surface area contributed by atoms with Gasteiger partial charge in [0.15, 0.2) is 17.3 Å². The smallest absolute Gasteiger partial charge is 0.312 e. The van der Waals surface area contributed by atoms with Crippen LogP contribution in [0.2, 0.25) is 0 Å². The van der Waals surface area contributed by atoms with Gasteiger partial charge in [-0.2, -0.15) is 0 Å². The van der Waals surface area contributed by atoms with Crippen LogP contribution in [-0.4, -0.2) is 36.4 Å². The highest BCUT2D eigenvalue weighted by Gasteiger charge is 2.20. The number of ketones is 1. The average molecular weight is 373 g/mol. The van der Waals surface area contributed by atoms with Crippen molar-refractivity contribution in [2.75, 3.05) is 13.7 Å². The Hall–Kier alpha value is -3.22. The van der Waals surface area contributed by atoms with E-state index >= 15 is 0 Å². The van der Waals surface area contributed by atoms with Crippen LogP contribution < -0.4 is 10.1 Å². The lowest BCUT2D eigenvalue weighted by atomic mass is 9.99. The first-order valence-electron chi connectivity index (χ1n) is 8.33. The van der Waals surface area contributed by atoms with Crippen molar-refractivity contribution in [3.05, 3.63) is 65.5 Å². The fraction of sp³-hybridized carbons (Fsp3) is 0.250. The molecule has 6 nitrogen and oxygen atoms in total. The first kappa shape index (κ1) is 20.1. The Morgan fingerprint density at radius 3 is 2.41 bits per heavy atom. The van der Waals surface area contributed by atoms with Gasteiger partial charge < -0.3 is 15.2 Å². The Bertz CT molecular complexity index is 822. The van der Waals surface area contributed by atoms with E-state index in [1.807, 2.05) is 0 Å². The third kappa shape index (κ3) is 5.64. The van der Waals surface area contributed by atoms with Gasteiger partial charge in [0.1, 0.15) is 0 Å². The average Bonchev–Trinajstić information content (AvgIpc) is 2.66. The van der Waals surface area contributed by atoms with Crippen molar-refractivity contribution in [3.8, 4) is 5.75 Å². The minimum atomic E-state index is -1.05. The molecule has 0 aromatic heterocycles. The molecular weight excluding hydrogens is 353 g/mol. The number of carbonyl (C=O) groups excluding carboxylic acids is 2. The lowest BCUT2D eigenvalue weighted by Gasteiger charge is -2.13. The molecule has 0 bridgehead atoms. The van der Waals surface area contributed by atoms with Crippen LogP contribution in [0.1, 0.15) is 34.7 Å². The summed E-state index contributed by atoms with van der Waals surface area (Å²) in [6.45, 7) is -0.0798. The number of rotatable bonds is 9. The summed E-state index contributed by atoms with van der Waals surface area (Å²) in [5, 5.41) is 11.9. The first-order chi connectivity index (χ1) is 12.9. The summed E-state index contributed by atoms with van der Waals surface area (Å²) in [7, 11) is 1.32. The molecule has 0 heterocycles. The monoisotopic (exact) mass is 373 g/mol. The number of aliphatic carboxylic acids is 1. The largest absolute Gasteiger partial charge is 0.494 e. The van der Waals surface area contributed by atoms with E-state index in [2.05, 4.69) is 5.32 Å². The molecule has 0 saturated carbocycles. The number of Topliss-reactive ketones (excluding diaryl/α,β-unsaturated/α-hetero) is 1. The third-order valence-electron chi connectivity index (χ3n) is 4.06. The quantitative estimate of drug-likeness (QED) is 0.660. The van der Waals surface area contributed by atoms with Crippen LogP contribution in [0.3, 0.4) is 0 Å². The van der Waals surface area contributed by atoms with Gasteiger partial charge in [-0.25, -0.2) is 4.39 Å². The second kappa shape index (κ2) is 9.47. The second-order valence-corrected chi connectivity index (χ2v) is 5.88. The highest BCUT2D eigenvalue weighted by molar-refractivity contribution is 5.98. The van der Waals surface area contributed by atoms with E-state index in [1.165, 1.54) is 19.2 Å². The van der Waals surface area contributed by atoms with Gasteiger partial charge in [0, 0.05) is 24.9 Å². The lowest BCUT2D eigenvalue weighted by Crippen LogP contribution is -2.31. The maximum Gasteiger partial charge on any atom is 0.312 e. The second-order valence-electron chi connectivity index (χ2n) is 5.88. The first-order valence-corrected chi connectivity index (χ1v) is 8.33. The predicted octanol–water partition coefficient (Wildman–Crippen LogP) is 2.78. The van der Waals surface area contributed by atoms with Crippen molar-refractivity contribution < 1.29 is 28.6 Å². The van der Waals surface area contributed by atoms with Gasteiger partial charge in [0.05, 0.1) is 13.0 Å². The summed E-state index contributed by atoms with van der Waals surface area (Å²) < 4.78 is 18.4. The number of nitrogens with one attached hydrogen (secondary N) is 1. The van der Waals surface area contributed by atoms with Crippen LogP contribution >= 0.6 is 0 Å². The maximum atomic E-state index is 13.6. The van der Waals surface area contributed by atoms with Gasteiger partial charge in [0.25, 0.3) is 0 Å². The van der Waals surface area contributed by atoms with Crippen molar-refractivity contribution in [3.63, 3.8) is 0 Å². The number of hydrogen-bond acceptors (Lipinski definition) is 4. The minimum Gasteiger partial charge on any atom is -0.494 e. The summed E-state index contributed by atoms with van der Waals surface area (Å²) in [5.41, 5.74) is 0.726. The SMILES string of the molecule is COc1ccc(C(=O)CCC(=O)NCC(C(=O)O)c2ccccc2)cc1F. The highest BCUT2D eigenvalue weighted by atomic mass is 19.1. The number of halogens is 1. The molecule has 0 aliphatic carbocycles. The maximum absolute atomic E-state index is 13.6. The van der Waals surface area contributed by atoms with Crippen LogP contribution in [0, 0.1) is 5.82 Å². The molecule has 0 radical (unpaired) electrons. The Kier molecular flexibility index (Phi) is 7.05. The van der Waals surface area contributed by atoms with Gasteiger partial charge in [-0.1, -0.05) is 30.3 Å². The molecule has 1 atom stereocenters. The van der Waals surface area contributed by atoms with Gasteiger partial charge in [-0.3, -0.25) is 14.4 Å². The standard InChI is InChI=1S/C20H20FNO5/c1-27-18-9-7-14(11-16(18)21)17(23)8-10-19(24)22-12-15(20(25)26)13-5-3-2-4-6-13/h2-7,9,11,15H,8,10,12H2,1H3,(H,22,24)(H,25,26). The van der Waals surface area contributed by atoms with Crippen LogP contribution in [0.25, 0.3) is 0 Å². The molecule has 2 aromatic rings. The number of methoxy groups -OCH3 is 1. The van der Waals surface area contributed by atoms with Crippen molar-refractivity contribution in [1.82, 2.24) is 5.32 Å². The van der Waals surface area contributed by atoms with Gasteiger partial charge in [-0.15, -0.1) is 0 Å². The number of carboxylic acid groups (broad SMARTS) is 1. The third-order valence-corrected chi connectivity index (χ3v) is 4.06. The highest BCUT2D eigenvalue weighted by Crippen LogP contribution is 2.19. The van der Waals surface area contributed by atoms with Crippen LogP contribution in [0.4, 0.5) is 4.39 Å². The molecule has 2 aromatic carbocycles. The summed E-state index contributed by atoms with van der Waals surface area (Å²) in [4.78, 5) is 35.4. The molecule has 1 amide bonds. The van der Waals surface area contributed by atoms with Gasteiger partial charge in [0.2, 0.25) is 5.91 Å². The normalized spacial score (nSPS) is 11.5. The fourth-order valence-electron chi connectivity index (χ4n) is 2.55. The summed E-state index contributed by atoms with van der Waals surface area (Å²) >= 11 is 0. The van der Waals surface area contributed by atoms with Gasteiger partial charge in [-0.05, 0) is 23.8 Å². The molecule has 7 heteroatoms. The molecule has 0 aliphatic rings. The van der Waals surface area contributed by atoms with E-state index in [4.69, 9.17) is 4.74 Å². The molecule has 142 valence electrons. The molecule has 0 aliphatic heterocycles. The number of amides is 1. The molecule has 2 N–H and O–H groups in total. The van der Waals surface area contributed by atoms with E-state index in [0.29, 0.717) is 5.56 Å². The zero-order valence-corrected chi connectivity index (χ0v) is 14.8. The van der Waals surface area contributed by atoms with E-state index in [0.717, 1.165) is 6.07 Å².